The molecule has 0 unspecified atom stereocenters. The lowest BCUT2D eigenvalue weighted by atomic mass is 9.73. The molecule has 3 atom stereocenters. The van der Waals surface area contributed by atoms with Crippen LogP contribution >= 0.6 is 0 Å². The van der Waals surface area contributed by atoms with E-state index in [2.05, 4.69) is 40.4 Å². The minimum Gasteiger partial charge on any atom is -0.460 e. The van der Waals surface area contributed by atoms with Gasteiger partial charge in [-0.05, 0) is 51.4 Å². The molecule has 0 spiro atoms. The Bertz CT molecular complexity index is 677. The number of hydrogen-bond donors (Lipinski definition) is 1. The molecule has 5 nitrogen and oxygen atoms in total. The summed E-state index contributed by atoms with van der Waals surface area (Å²) in [6.45, 7) is 27.1. The van der Waals surface area contributed by atoms with Crippen LogP contribution in [0.5, 0.6) is 0 Å². The summed E-state index contributed by atoms with van der Waals surface area (Å²) in [5.41, 5.74) is -0.858. The predicted molar refractivity (Wildman–Crippen MR) is 130 cm³/mol. The van der Waals surface area contributed by atoms with Crippen molar-refractivity contribution in [2.45, 2.75) is 112 Å². The van der Waals surface area contributed by atoms with Crippen molar-refractivity contribution >= 4 is 20.1 Å². The predicted octanol–water partition coefficient (Wildman–Crippen LogP) is 5.83. The molecule has 31 heavy (non-hydrogen) atoms. The Morgan fingerprint density at radius 3 is 1.94 bits per heavy atom. The molecule has 0 aliphatic rings. The van der Waals surface area contributed by atoms with E-state index in [9.17, 15) is 14.7 Å². The van der Waals surface area contributed by atoms with Gasteiger partial charge in [0.05, 0.1) is 17.6 Å². The Balaban J connectivity index is 5.80. The van der Waals surface area contributed by atoms with Crippen molar-refractivity contribution in [2.24, 2.45) is 11.3 Å². The monoisotopic (exact) mass is 454 g/mol. The van der Waals surface area contributed by atoms with Crippen molar-refractivity contribution in [1.82, 2.24) is 0 Å². The van der Waals surface area contributed by atoms with Gasteiger partial charge < -0.3 is 14.3 Å². The minimum absolute atomic E-state index is 0.00751. The Morgan fingerprint density at radius 2 is 1.55 bits per heavy atom. The maximum absolute atomic E-state index is 12.9. The highest BCUT2D eigenvalue weighted by Gasteiger charge is 2.46. The third-order valence-electron chi connectivity index (χ3n) is 6.22. The van der Waals surface area contributed by atoms with Crippen LogP contribution in [0.25, 0.3) is 0 Å². The number of hydrogen-bond acceptors (Lipinski definition) is 5. The smallest absolute Gasteiger partial charge is 0.313 e. The molecule has 0 aromatic rings. The number of carbonyl (C=O) groups excluding carboxylic acids is 2. The van der Waals surface area contributed by atoms with Gasteiger partial charge in [0.15, 0.2) is 14.1 Å². The molecular weight excluding hydrogens is 408 g/mol. The summed E-state index contributed by atoms with van der Waals surface area (Å²) in [4.78, 5) is 25.1. The fourth-order valence-electron chi connectivity index (χ4n) is 3.11. The summed E-state index contributed by atoms with van der Waals surface area (Å²) >= 11 is 0. The van der Waals surface area contributed by atoms with Gasteiger partial charge in [0.2, 0.25) is 0 Å². The number of rotatable bonds is 10. The molecule has 0 radical (unpaired) electrons. The Labute approximate surface area is 191 Å². The molecule has 0 aliphatic heterocycles. The van der Waals surface area contributed by atoms with Gasteiger partial charge in [-0.25, -0.2) is 0 Å². The van der Waals surface area contributed by atoms with E-state index in [1.807, 2.05) is 19.9 Å². The van der Waals surface area contributed by atoms with Crippen LogP contribution in [0.2, 0.25) is 18.1 Å². The molecule has 0 saturated carbocycles. The average Bonchev–Trinajstić information content (AvgIpc) is 2.55. The number of allylic oxidation sites excluding steroid dienone is 2. The van der Waals surface area contributed by atoms with Crippen LogP contribution in [0.15, 0.2) is 24.3 Å². The molecule has 0 aromatic heterocycles. The van der Waals surface area contributed by atoms with Crippen LogP contribution < -0.4 is 0 Å². The first-order valence-corrected chi connectivity index (χ1v) is 14.0. The molecule has 0 bridgehead atoms. The fraction of sp³-hybridized carbons (Fsp3) is 0.760. The zero-order valence-electron chi connectivity index (χ0n) is 21.9. The van der Waals surface area contributed by atoms with E-state index >= 15 is 0 Å². The SMILES string of the molecule is C=C/C=C(\C)[C@H](O[Si](C)(C)C(C)(C)C)[C@@H](C)[C@H](O)C(C)(C)C(=O)CC(=O)OC(C)(C)C. The van der Waals surface area contributed by atoms with Gasteiger partial charge in [-0.15, -0.1) is 0 Å². The maximum atomic E-state index is 12.9. The van der Waals surface area contributed by atoms with Gasteiger partial charge >= 0.3 is 5.97 Å². The summed E-state index contributed by atoms with van der Waals surface area (Å²) < 4.78 is 12.0. The lowest BCUT2D eigenvalue weighted by molar-refractivity contribution is -0.159. The third kappa shape index (κ3) is 8.66. The molecule has 0 heterocycles. The van der Waals surface area contributed by atoms with Gasteiger partial charge in [0, 0.05) is 5.92 Å². The van der Waals surface area contributed by atoms with Crippen molar-refractivity contribution in [3.05, 3.63) is 24.3 Å². The van der Waals surface area contributed by atoms with Crippen LogP contribution in [0.4, 0.5) is 0 Å². The van der Waals surface area contributed by atoms with Gasteiger partial charge in [-0.2, -0.15) is 0 Å². The molecule has 6 heteroatoms. The van der Waals surface area contributed by atoms with E-state index in [0.717, 1.165) is 5.57 Å². The Morgan fingerprint density at radius 1 is 1.06 bits per heavy atom. The number of ketones is 1. The lowest BCUT2D eigenvalue weighted by Crippen LogP contribution is -2.51. The van der Waals surface area contributed by atoms with E-state index in [4.69, 9.17) is 9.16 Å². The molecule has 1 N–H and O–H groups in total. The molecule has 0 aromatic carbocycles. The Hall–Kier alpha value is -1.24. The van der Waals surface area contributed by atoms with Crippen molar-refractivity contribution in [3.8, 4) is 0 Å². The third-order valence-corrected chi connectivity index (χ3v) is 10.7. The number of Topliss-reactive ketones (excluding diaryl/α,β-unsaturated/α-hetero) is 1. The van der Waals surface area contributed by atoms with Crippen LogP contribution in [0.3, 0.4) is 0 Å². The van der Waals surface area contributed by atoms with Gasteiger partial charge in [-0.3, -0.25) is 9.59 Å². The van der Waals surface area contributed by atoms with Crippen molar-refractivity contribution in [2.75, 3.05) is 0 Å². The second-order valence-corrected chi connectivity index (χ2v) is 16.4. The Kier molecular flexibility index (Phi) is 10.2. The summed E-state index contributed by atoms with van der Waals surface area (Å²) in [7, 11) is -2.15. The van der Waals surface area contributed by atoms with E-state index in [1.165, 1.54) is 0 Å². The second kappa shape index (κ2) is 10.6. The van der Waals surface area contributed by atoms with Gasteiger partial charge in [-0.1, -0.05) is 60.3 Å². The minimum atomic E-state index is -2.15. The van der Waals surface area contributed by atoms with Crippen molar-refractivity contribution in [3.63, 3.8) is 0 Å². The van der Waals surface area contributed by atoms with Gasteiger partial charge in [0.1, 0.15) is 12.0 Å². The van der Waals surface area contributed by atoms with Crippen molar-refractivity contribution < 1.29 is 23.9 Å². The van der Waals surface area contributed by atoms with E-state index in [1.54, 1.807) is 40.7 Å². The second-order valence-electron chi connectivity index (χ2n) is 11.7. The van der Waals surface area contributed by atoms with Gasteiger partial charge in [0.25, 0.3) is 0 Å². The molecule has 0 saturated heterocycles. The highest BCUT2D eigenvalue weighted by molar-refractivity contribution is 6.74. The molecule has 0 aliphatic carbocycles. The average molecular weight is 455 g/mol. The first-order valence-electron chi connectivity index (χ1n) is 11.1. The number of carbonyl (C=O) groups is 2. The maximum Gasteiger partial charge on any atom is 0.313 e. The first kappa shape index (κ1) is 29.8. The lowest BCUT2D eigenvalue weighted by Gasteiger charge is -2.44. The first-order chi connectivity index (χ1) is 13.7. The normalized spacial score (nSPS) is 17.0. The largest absolute Gasteiger partial charge is 0.460 e. The zero-order valence-corrected chi connectivity index (χ0v) is 22.9. The van der Waals surface area contributed by atoms with E-state index < -0.39 is 31.4 Å². The standard InChI is InChI=1S/C25H46O5Si/c1-14-15-17(2)21(30-31(12,13)24(7,8)9)18(3)22(28)25(10,11)19(26)16-20(27)29-23(4,5)6/h14-15,18,21-22,28H,1,16H2,2-13H3/b17-15+/t18-,21+,22+/m1/s1. The number of aliphatic hydroxyl groups is 1. The highest BCUT2D eigenvalue weighted by atomic mass is 28.4. The summed E-state index contributed by atoms with van der Waals surface area (Å²) in [6.07, 6.45) is 1.84. The quantitative estimate of drug-likeness (QED) is 0.194. The topological polar surface area (TPSA) is 72.8 Å². The summed E-state index contributed by atoms with van der Waals surface area (Å²) in [5.74, 6) is -1.30. The summed E-state index contributed by atoms with van der Waals surface area (Å²) in [5, 5.41) is 11.3. The van der Waals surface area contributed by atoms with Crippen LogP contribution in [0, 0.1) is 11.3 Å². The van der Waals surface area contributed by atoms with E-state index in [0.29, 0.717) is 0 Å². The van der Waals surface area contributed by atoms with Crippen molar-refractivity contribution in [1.29, 1.82) is 0 Å². The van der Waals surface area contributed by atoms with Crippen LogP contribution in [-0.4, -0.2) is 43.0 Å². The molecule has 0 amide bonds. The molecular formula is C25H46O5Si. The molecule has 0 fully saturated rings. The highest BCUT2D eigenvalue weighted by Crippen LogP contribution is 2.41. The summed E-state index contributed by atoms with van der Waals surface area (Å²) in [6, 6.07) is 0. The number of ether oxygens (including phenoxy) is 1. The molecule has 0 rings (SSSR count). The van der Waals surface area contributed by atoms with E-state index in [-0.39, 0.29) is 29.3 Å². The van der Waals surface area contributed by atoms with Crippen LogP contribution in [0.1, 0.15) is 75.7 Å². The van der Waals surface area contributed by atoms with Crippen LogP contribution in [-0.2, 0) is 18.8 Å². The molecule has 180 valence electrons. The number of aliphatic hydroxyl groups excluding tert-OH is 1. The zero-order chi connectivity index (χ0) is 25.0. The fourth-order valence-corrected chi connectivity index (χ4v) is 4.50. The number of esters is 1.